The van der Waals surface area contributed by atoms with Gasteiger partial charge in [0, 0.05) is 18.7 Å². The Kier molecular flexibility index (Phi) is 6.97. The van der Waals surface area contributed by atoms with Gasteiger partial charge in [-0.3, -0.25) is 14.2 Å². The number of H-pyrrole nitrogens is 1. The quantitative estimate of drug-likeness (QED) is 0.422. The topological polar surface area (TPSA) is 76.1 Å². The Morgan fingerprint density at radius 2 is 2.00 bits per heavy atom. The molecule has 3 rings (SSSR count). The van der Waals surface area contributed by atoms with Crippen LogP contribution < -0.4 is 10.9 Å². The molecule has 0 saturated heterocycles. The summed E-state index contributed by atoms with van der Waals surface area (Å²) < 4.78 is 7.42. The van der Waals surface area contributed by atoms with Gasteiger partial charge in [0.2, 0.25) is 0 Å². The molecule has 0 spiro atoms. The van der Waals surface area contributed by atoms with E-state index >= 15 is 0 Å². The van der Waals surface area contributed by atoms with Crippen LogP contribution in [0.2, 0.25) is 0 Å². The number of hydrogen-bond donors (Lipinski definition) is 2. The van der Waals surface area contributed by atoms with Gasteiger partial charge in [-0.05, 0) is 55.4 Å². The van der Waals surface area contributed by atoms with Crippen molar-refractivity contribution >= 4 is 29.0 Å². The number of aromatic nitrogens is 2. The lowest BCUT2D eigenvalue weighted by Gasteiger charge is -2.13. The first kappa shape index (κ1) is 21.7. The highest BCUT2D eigenvalue weighted by Gasteiger charge is 2.11. The first-order chi connectivity index (χ1) is 14.4. The molecule has 1 amide bonds. The zero-order valence-corrected chi connectivity index (χ0v) is 17.9. The van der Waals surface area contributed by atoms with Crippen LogP contribution in [0.25, 0.3) is 10.9 Å². The molecular formula is C23H25N3O3S. The van der Waals surface area contributed by atoms with Crippen LogP contribution in [-0.2, 0) is 24.4 Å². The lowest BCUT2D eigenvalue weighted by atomic mass is 10.1. The average Bonchev–Trinajstić information content (AvgIpc) is 2.73. The van der Waals surface area contributed by atoms with Crippen LogP contribution in [0.3, 0.4) is 0 Å². The van der Waals surface area contributed by atoms with E-state index in [0.717, 1.165) is 11.1 Å². The molecule has 156 valence electrons. The number of nitrogens with one attached hydrogen (secondary N) is 2. The van der Waals surface area contributed by atoms with Crippen molar-refractivity contribution in [3.8, 4) is 0 Å². The highest BCUT2D eigenvalue weighted by molar-refractivity contribution is 7.71. The van der Waals surface area contributed by atoms with Gasteiger partial charge in [-0.2, -0.15) is 0 Å². The number of rotatable bonds is 8. The number of benzene rings is 2. The summed E-state index contributed by atoms with van der Waals surface area (Å²) in [5.74, 6) is -0.230. The third kappa shape index (κ3) is 4.93. The Morgan fingerprint density at radius 1 is 1.27 bits per heavy atom. The highest BCUT2D eigenvalue weighted by atomic mass is 32.1. The molecule has 7 heteroatoms. The van der Waals surface area contributed by atoms with E-state index in [9.17, 15) is 9.59 Å². The van der Waals surface area contributed by atoms with E-state index in [-0.39, 0.29) is 17.6 Å². The molecule has 3 aromatic rings. The molecule has 1 aromatic heterocycles. The van der Waals surface area contributed by atoms with E-state index in [1.807, 2.05) is 38.1 Å². The first-order valence-electron chi connectivity index (χ1n) is 9.75. The summed E-state index contributed by atoms with van der Waals surface area (Å²) in [6, 6.07) is 12.8. The minimum Gasteiger partial charge on any atom is -0.374 e. The number of carbonyl (C=O) groups is 1. The molecule has 0 radical (unpaired) electrons. The fraction of sp³-hybridized carbons (Fsp3) is 0.261. The third-order valence-corrected chi connectivity index (χ3v) is 5.01. The van der Waals surface area contributed by atoms with Crippen molar-refractivity contribution in [1.82, 2.24) is 14.9 Å². The molecule has 6 nitrogen and oxygen atoms in total. The van der Waals surface area contributed by atoms with Gasteiger partial charge in [0.1, 0.15) is 0 Å². The number of hydrogen-bond acceptors (Lipinski definition) is 4. The predicted octanol–water partition coefficient (Wildman–Crippen LogP) is 4.10. The molecule has 30 heavy (non-hydrogen) atoms. The fourth-order valence-electron chi connectivity index (χ4n) is 3.10. The van der Waals surface area contributed by atoms with Crippen LogP contribution in [0, 0.1) is 4.77 Å². The van der Waals surface area contributed by atoms with Crippen molar-refractivity contribution in [3.63, 3.8) is 0 Å². The molecular weight excluding hydrogens is 398 g/mol. The van der Waals surface area contributed by atoms with Crippen molar-refractivity contribution < 1.29 is 9.53 Å². The maximum atomic E-state index is 12.7. The van der Waals surface area contributed by atoms with Crippen LogP contribution in [0.1, 0.15) is 35.3 Å². The summed E-state index contributed by atoms with van der Waals surface area (Å²) in [5, 5.41) is 3.41. The van der Waals surface area contributed by atoms with Crippen molar-refractivity contribution in [1.29, 1.82) is 0 Å². The molecule has 0 aliphatic rings. The molecule has 0 aliphatic carbocycles. The molecule has 0 aliphatic heterocycles. The number of amides is 1. The van der Waals surface area contributed by atoms with Crippen LogP contribution in [0.5, 0.6) is 0 Å². The van der Waals surface area contributed by atoms with Gasteiger partial charge >= 0.3 is 0 Å². The summed E-state index contributed by atoms with van der Waals surface area (Å²) in [6.07, 6.45) is 1.75. The van der Waals surface area contributed by atoms with Gasteiger partial charge in [0.15, 0.2) is 4.77 Å². The van der Waals surface area contributed by atoms with Crippen LogP contribution in [-0.4, -0.2) is 21.6 Å². The van der Waals surface area contributed by atoms with Crippen LogP contribution in [0.15, 0.2) is 59.9 Å². The maximum absolute atomic E-state index is 12.7. The first-order valence-corrected chi connectivity index (χ1v) is 10.2. The SMILES string of the molecule is C=CCn1c(=S)[nH]c2cc(C(=O)NCc3ccccc3COC(C)C)ccc2c1=O. The molecule has 1 heterocycles. The summed E-state index contributed by atoms with van der Waals surface area (Å²) in [6.45, 7) is 8.82. The summed E-state index contributed by atoms with van der Waals surface area (Å²) in [5.41, 5.74) is 2.81. The van der Waals surface area contributed by atoms with Crippen LogP contribution >= 0.6 is 12.2 Å². The number of allylic oxidation sites excluding steroid dienone is 1. The number of aromatic amines is 1. The van der Waals surface area contributed by atoms with Crippen molar-refractivity contribution in [2.45, 2.75) is 39.6 Å². The van der Waals surface area contributed by atoms with Crippen molar-refractivity contribution in [2.75, 3.05) is 0 Å². The van der Waals surface area contributed by atoms with E-state index in [4.69, 9.17) is 17.0 Å². The number of carbonyl (C=O) groups excluding carboxylic acids is 1. The Labute approximate surface area is 180 Å². The largest absolute Gasteiger partial charge is 0.374 e. The summed E-state index contributed by atoms with van der Waals surface area (Å²) in [4.78, 5) is 28.3. The van der Waals surface area contributed by atoms with E-state index < -0.39 is 0 Å². The van der Waals surface area contributed by atoms with E-state index in [2.05, 4.69) is 16.9 Å². The second kappa shape index (κ2) is 9.65. The van der Waals surface area contributed by atoms with Crippen LogP contribution in [0.4, 0.5) is 0 Å². The molecule has 0 fully saturated rings. The smallest absolute Gasteiger partial charge is 0.262 e. The minimum absolute atomic E-state index is 0.131. The lowest BCUT2D eigenvalue weighted by molar-refractivity contribution is 0.0651. The third-order valence-electron chi connectivity index (χ3n) is 4.69. The monoisotopic (exact) mass is 423 g/mol. The van der Waals surface area contributed by atoms with E-state index in [0.29, 0.717) is 40.9 Å². The molecule has 0 saturated carbocycles. The maximum Gasteiger partial charge on any atom is 0.262 e. The van der Waals surface area contributed by atoms with Gasteiger partial charge in [-0.15, -0.1) is 6.58 Å². The van der Waals surface area contributed by atoms with E-state index in [1.54, 1.807) is 24.3 Å². The zero-order chi connectivity index (χ0) is 21.7. The summed E-state index contributed by atoms with van der Waals surface area (Å²) in [7, 11) is 0. The molecule has 2 N–H and O–H groups in total. The summed E-state index contributed by atoms with van der Waals surface area (Å²) >= 11 is 5.26. The van der Waals surface area contributed by atoms with Crippen molar-refractivity contribution in [3.05, 3.63) is 86.9 Å². The second-order valence-corrected chi connectivity index (χ2v) is 7.59. The van der Waals surface area contributed by atoms with Gasteiger partial charge in [0.25, 0.3) is 11.5 Å². The highest BCUT2D eigenvalue weighted by Crippen LogP contribution is 2.13. The molecule has 2 aromatic carbocycles. The minimum atomic E-state index is -0.230. The molecule has 0 bridgehead atoms. The van der Waals surface area contributed by atoms with Gasteiger partial charge < -0.3 is 15.0 Å². The van der Waals surface area contributed by atoms with E-state index in [1.165, 1.54) is 4.57 Å². The lowest BCUT2D eigenvalue weighted by Crippen LogP contribution is -2.24. The Hall–Kier alpha value is -3.03. The number of ether oxygens (including phenoxy) is 1. The Bertz CT molecular complexity index is 1190. The second-order valence-electron chi connectivity index (χ2n) is 7.21. The predicted molar refractivity (Wildman–Crippen MR) is 121 cm³/mol. The average molecular weight is 424 g/mol. The number of nitrogens with zero attached hydrogens (tertiary/aromatic N) is 1. The fourth-order valence-corrected chi connectivity index (χ4v) is 3.36. The Balaban J connectivity index is 1.80. The Morgan fingerprint density at radius 3 is 2.70 bits per heavy atom. The normalized spacial score (nSPS) is 11.0. The molecule has 0 unspecified atom stereocenters. The zero-order valence-electron chi connectivity index (χ0n) is 17.1. The molecule has 0 atom stereocenters. The number of fused-ring (bicyclic) bond motifs is 1. The van der Waals surface area contributed by atoms with Gasteiger partial charge in [0.05, 0.1) is 23.6 Å². The van der Waals surface area contributed by atoms with Gasteiger partial charge in [-0.1, -0.05) is 30.3 Å². The standard InChI is InChI=1S/C23H25N3O3S/c1-4-11-26-22(28)19-10-9-16(12-20(19)25-23(26)30)21(27)24-13-17-7-5-6-8-18(17)14-29-15(2)3/h4-10,12,15H,1,11,13-14H2,2-3H3,(H,24,27)(H,25,30). The van der Waals surface area contributed by atoms with Gasteiger partial charge in [-0.25, -0.2) is 0 Å². The van der Waals surface area contributed by atoms with Crippen molar-refractivity contribution in [2.24, 2.45) is 0 Å².